The van der Waals surface area contributed by atoms with Gasteiger partial charge in [0, 0.05) is 17.3 Å². The molecule has 0 fully saturated rings. The molecule has 4 rings (SSSR count). The fourth-order valence-electron chi connectivity index (χ4n) is 2.84. The summed E-state index contributed by atoms with van der Waals surface area (Å²) in [5.74, 6) is 1.49. The van der Waals surface area contributed by atoms with Gasteiger partial charge >= 0.3 is 0 Å². The molecular formula is C23H19N3O4S. The van der Waals surface area contributed by atoms with E-state index in [0.29, 0.717) is 17.2 Å². The van der Waals surface area contributed by atoms with Crippen molar-refractivity contribution in [2.45, 2.75) is 0 Å². The van der Waals surface area contributed by atoms with Crippen molar-refractivity contribution in [1.29, 1.82) is 0 Å². The van der Waals surface area contributed by atoms with Crippen molar-refractivity contribution in [3.8, 4) is 23.0 Å². The third kappa shape index (κ3) is 5.18. The lowest BCUT2D eigenvalue weighted by atomic mass is 10.2. The Kier molecular flexibility index (Phi) is 6.09. The van der Waals surface area contributed by atoms with E-state index in [2.05, 4.69) is 15.6 Å². The minimum absolute atomic E-state index is 0.132. The van der Waals surface area contributed by atoms with Crippen LogP contribution in [0.4, 0.5) is 5.69 Å². The van der Waals surface area contributed by atoms with E-state index in [-0.39, 0.29) is 17.6 Å². The van der Waals surface area contributed by atoms with Crippen molar-refractivity contribution in [1.82, 2.24) is 10.3 Å². The molecular weight excluding hydrogens is 414 g/mol. The van der Waals surface area contributed by atoms with Crippen molar-refractivity contribution in [2.75, 3.05) is 19.0 Å². The predicted octanol–water partition coefficient (Wildman–Crippen LogP) is 4.40. The number of benzene rings is 3. The number of hydrogen-bond acceptors (Lipinski definition) is 6. The highest BCUT2D eigenvalue weighted by molar-refractivity contribution is 7.80. The SMILES string of the molecule is COc1ccc2oc(-c3ccc(NC(=S)NC(=O)COc4ccccc4)cc3)nc2c1. The number of nitrogens with one attached hydrogen (secondary N) is 2. The Balaban J connectivity index is 1.33. The zero-order valence-corrected chi connectivity index (χ0v) is 17.4. The van der Waals surface area contributed by atoms with E-state index in [1.165, 1.54) is 0 Å². The summed E-state index contributed by atoms with van der Waals surface area (Å²) in [7, 11) is 1.61. The fraction of sp³-hybridized carbons (Fsp3) is 0.0870. The molecule has 1 amide bonds. The molecule has 4 aromatic rings. The molecule has 0 unspecified atom stereocenters. The van der Waals surface area contributed by atoms with Gasteiger partial charge in [0.25, 0.3) is 5.91 Å². The molecule has 1 aromatic heterocycles. The Labute approximate surface area is 184 Å². The zero-order valence-electron chi connectivity index (χ0n) is 16.6. The molecule has 31 heavy (non-hydrogen) atoms. The molecule has 0 saturated carbocycles. The summed E-state index contributed by atoms with van der Waals surface area (Å²) in [5, 5.41) is 5.74. The smallest absolute Gasteiger partial charge is 0.264 e. The first-order chi connectivity index (χ1) is 15.1. The van der Waals surface area contributed by atoms with Crippen LogP contribution in [0.3, 0.4) is 0 Å². The van der Waals surface area contributed by atoms with Gasteiger partial charge < -0.3 is 19.2 Å². The van der Waals surface area contributed by atoms with E-state index < -0.39 is 0 Å². The van der Waals surface area contributed by atoms with Crippen LogP contribution in [0.25, 0.3) is 22.6 Å². The van der Waals surface area contributed by atoms with Gasteiger partial charge in [0.05, 0.1) is 7.11 Å². The Bertz CT molecular complexity index is 1210. The second-order valence-electron chi connectivity index (χ2n) is 6.53. The average Bonchev–Trinajstić information content (AvgIpc) is 3.22. The van der Waals surface area contributed by atoms with E-state index in [9.17, 15) is 4.79 Å². The van der Waals surface area contributed by atoms with Crippen molar-refractivity contribution in [3.63, 3.8) is 0 Å². The molecule has 0 aliphatic carbocycles. The van der Waals surface area contributed by atoms with Gasteiger partial charge in [0.1, 0.15) is 17.0 Å². The second kappa shape index (κ2) is 9.27. The maximum absolute atomic E-state index is 12.0. The largest absolute Gasteiger partial charge is 0.497 e. The van der Waals surface area contributed by atoms with Crippen molar-refractivity contribution in [3.05, 3.63) is 72.8 Å². The van der Waals surface area contributed by atoms with Gasteiger partial charge in [0.15, 0.2) is 17.3 Å². The molecule has 0 aliphatic rings. The molecule has 3 aromatic carbocycles. The maximum Gasteiger partial charge on any atom is 0.264 e. The first kappa shape index (κ1) is 20.4. The quantitative estimate of drug-likeness (QED) is 0.436. The van der Waals surface area contributed by atoms with E-state index in [1.54, 1.807) is 19.2 Å². The van der Waals surface area contributed by atoms with Gasteiger partial charge in [-0.05, 0) is 60.7 Å². The van der Waals surface area contributed by atoms with Crippen LogP contribution in [0.2, 0.25) is 0 Å². The van der Waals surface area contributed by atoms with Crippen molar-refractivity contribution >= 4 is 40.0 Å². The number of methoxy groups -OCH3 is 1. The Morgan fingerprint density at radius 2 is 1.81 bits per heavy atom. The van der Waals surface area contributed by atoms with Gasteiger partial charge in [-0.2, -0.15) is 0 Å². The molecule has 0 spiro atoms. The number of amides is 1. The second-order valence-corrected chi connectivity index (χ2v) is 6.94. The summed E-state index contributed by atoms with van der Waals surface area (Å²) < 4.78 is 16.4. The van der Waals surface area contributed by atoms with Crippen LogP contribution in [-0.2, 0) is 4.79 Å². The van der Waals surface area contributed by atoms with Crippen LogP contribution in [0, 0.1) is 0 Å². The van der Waals surface area contributed by atoms with Gasteiger partial charge in [-0.25, -0.2) is 4.98 Å². The molecule has 2 N–H and O–H groups in total. The maximum atomic E-state index is 12.0. The Morgan fingerprint density at radius 1 is 1.03 bits per heavy atom. The van der Waals surface area contributed by atoms with E-state index in [1.807, 2.05) is 60.7 Å². The van der Waals surface area contributed by atoms with Crippen molar-refractivity contribution in [2.24, 2.45) is 0 Å². The van der Waals surface area contributed by atoms with Crippen LogP contribution in [-0.4, -0.2) is 29.7 Å². The number of aromatic nitrogens is 1. The molecule has 156 valence electrons. The summed E-state index contributed by atoms with van der Waals surface area (Å²) >= 11 is 5.20. The number of rotatable bonds is 6. The van der Waals surface area contributed by atoms with Crippen LogP contribution in [0.15, 0.2) is 77.2 Å². The highest BCUT2D eigenvalue weighted by Gasteiger charge is 2.10. The molecule has 0 bridgehead atoms. The lowest BCUT2D eigenvalue weighted by molar-refractivity contribution is -0.121. The summed E-state index contributed by atoms with van der Waals surface area (Å²) in [5.41, 5.74) is 2.93. The first-order valence-electron chi connectivity index (χ1n) is 9.44. The normalized spacial score (nSPS) is 10.5. The number of oxazole rings is 1. The molecule has 0 saturated heterocycles. The minimum Gasteiger partial charge on any atom is -0.497 e. The molecule has 0 atom stereocenters. The first-order valence-corrected chi connectivity index (χ1v) is 9.85. The standard InChI is InChI=1S/C23H19N3O4S/c1-28-18-11-12-20-19(13-18)25-22(30-20)15-7-9-16(10-8-15)24-23(31)26-21(27)14-29-17-5-3-2-4-6-17/h2-13H,14H2,1H3,(H2,24,26,27,31). The highest BCUT2D eigenvalue weighted by Crippen LogP contribution is 2.27. The number of carbonyl (C=O) groups is 1. The van der Waals surface area contributed by atoms with Crippen LogP contribution in [0.5, 0.6) is 11.5 Å². The highest BCUT2D eigenvalue weighted by atomic mass is 32.1. The van der Waals surface area contributed by atoms with Gasteiger partial charge in [0.2, 0.25) is 5.89 Å². The lowest BCUT2D eigenvalue weighted by Crippen LogP contribution is -2.37. The number of para-hydroxylation sites is 1. The molecule has 0 aliphatic heterocycles. The molecule has 7 nitrogen and oxygen atoms in total. The van der Waals surface area contributed by atoms with Crippen LogP contribution in [0.1, 0.15) is 0 Å². The number of nitrogens with zero attached hydrogens (tertiary/aromatic N) is 1. The van der Waals surface area contributed by atoms with E-state index in [4.69, 9.17) is 26.1 Å². The third-order valence-corrected chi connectivity index (χ3v) is 4.55. The minimum atomic E-state index is -0.347. The topological polar surface area (TPSA) is 85.6 Å². The third-order valence-electron chi connectivity index (χ3n) is 4.35. The van der Waals surface area contributed by atoms with Crippen LogP contribution < -0.4 is 20.1 Å². The van der Waals surface area contributed by atoms with E-state index in [0.717, 1.165) is 22.5 Å². The fourth-order valence-corrected chi connectivity index (χ4v) is 3.08. The van der Waals surface area contributed by atoms with Gasteiger partial charge in [-0.1, -0.05) is 18.2 Å². The molecule has 8 heteroatoms. The number of ether oxygens (including phenoxy) is 2. The van der Waals surface area contributed by atoms with E-state index >= 15 is 0 Å². The summed E-state index contributed by atoms with van der Waals surface area (Å²) in [4.78, 5) is 16.5. The lowest BCUT2D eigenvalue weighted by Gasteiger charge is -2.10. The average molecular weight is 433 g/mol. The summed E-state index contributed by atoms with van der Waals surface area (Å²) in [6.07, 6.45) is 0. The predicted molar refractivity (Wildman–Crippen MR) is 122 cm³/mol. The van der Waals surface area contributed by atoms with Gasteiger partial charge in [-0.3, -0.25) is 10.1 Å². The summed E-state index contributed by atoms with van der Waals surface area (Å²) in [6.45, 7) is -0.132. The summed E-state index contributed by atoms with van der Waals surface area (Å²) in [6, 6.07) is 21.9. The Hall–Kier alpha value is -3.91. The number of anilines is 1. The number of fused-ring (bicyclic) bond motifs is 1. The Morgan fingerprint density at radius 3 is 2.55 bits per heavy atom. The molecule has 0 radical (unpaired) electrons. The van der Waals surface area contributed by atoms with Crippen LogP contribution >= 0.6 is 12.2 Å². The monoisotopic (exact) mass is 433 g/mol. The number of hydrogen-bond donors (Lipinski definition) is 2. The number of thiocarbonyl (C=S) groups is 1. The molecule has 1 heterocycles. The number of carbonyl (C=O) groups excluding carboxylic acids is 1. The van der Waals surface area contributed by atoms with Gasteiger partial charge in [-0.15, -0.1) is 0 Å². The zero-order chi connectivity index (χ0) is 21.6. The van der Waals surface area contributed by atoms with Crippen molar-refractivity contribution < 1.29 is 18.7 Å².